The number of oxazole rings is 1. The fourth-order valence-corrected chi connectivity index (χ4v) is 3.03. The zero-order chi connectivity index (χ0) is 16.6. The molecule has 2 heterocycles. The van der Waals surface area contributed by atoms with E-state index in [9.17, 15) is 17.4 Å². The normalized spacial score (nSPS) is 13.4. The van der Waals surface area contributed by atoms with E-state index in [2.05, 4.69) is 9.97 Å². The van der Waals surface area contributed by atoms with Gasteiger partial charge in [0.05, 0.1) is 26.8 Å². The van der Waals surface area contributed by atoms with Gasteiger partial charge in [-0.3, -0.25) is 4.21 Å². The molecule has 0 N–H and O–H groups in total. The topological polar surface area (TPSA) is 56.0 Å². The summed E-state index contributed by atoms with van der Waals surface area (Å²) in [6, 6.07) is 7.68. The van der Waals surface area contributed by atoms with Crippen molar-refractivity contribution in [2.75, 3.05) is 5.75 Å². The van der Waals surface area contributed by atoms with E-state index in [0.717, 1.165) is 6.07 Å². The number of aromatic nitrogens is 2. The molecule has 0 amide bonds. The monoisotopic (exact) mass is 340 g/mol. The van der Waals surface area contributed by atoms with Crippen LogP contribution in [0.25, 0.3) is 22.7 Å². The van der Waals surface area contributed by atoms with Gasteiger partial charge in [0.2, 0.25) is 11.6 Å². The average molecular weight is 340 g/mol. The van der Waals surface area contributed by atoms with Gasteiger partial charge in [0, 0.05) is 11.9 Å². The maximum atomic E-state index is 12.7. The zero-order valence-electron chi connectivity index (χ0n) is 11.9. The summed E-state index contributed by atoms with van der Waals surface area (Å²) < 4.78 is 55.7. The molecule has 1 atom stereocenters. The van der Waals surface area contributed by atoms with Crippen LogP contribution in [-0.4, -0.2) is 19.9 Å². The van der Waals surface area contributed by atoms with Gasteiger partial charge in [-0.2, -0.15) is 13.2 Å². The molecule has 1 unspecified atom stereocenters. The second kappa shape index (κ2) is 5.77. The standard InChI is InChI=1S/C15H11F3N2O2S/c1-2-23(21)12-6-4-3-5-10(12)13-20-11-7-9(15(16,17)18)8-19-14(11)22-13/h3-8H,2H2,1H3. The van der Waals surface area contributed by atoms with Crippen molar-refractivity contribution in [1.82, 2.24) is 9.97 Å². The molecule has 8 heteroatoms. The van der Waals surface area contributed by atoms with Crippen molar-refractivity contribution in [2.45, 2.75) is 18.0 Å². The maximum Gasteiger partial charge on any atom is 0.417 e. The largest absolute Gasteiger partial charge is 0.418 e. The van der Waals surface area contributed by atoms with Crippen molar-refractivity contribution in [3.8, 4) is 11.5 Å². The number of fused-ring (bicyclic) bond motifs is 1. The van der Waals surface area contributed by atoms with Crippen molar-refractivity contribution in [3.63, 3.8) is 0 Å². The molecule has 0 saturated carbocycles. The molecule has 120 valence electrons. The highest BCUT2D eigenvalue weighted by Crippen LogP contribution is 2.32. The Morgan fingerprint density at radius 1 is 1.26 bits per heavy atom. The van der Waals surface area contributed by atoms with Gasteiger partial charge in [-0.1, -0.05) is 19.1 Å². The first-order chi connectivity index (χ1) is 10.9. The van der Waals surface area contributed by atoms with E-state index >= 15 is 0 Å². The molecule has 0 aliphatic carbocycles. The second-order valence-electron chi connectivity index (χ2n) is 4.70. The van der Waals surface area contributed by atoms with Crippen LogP contribution in [0.4, 0.5) is 13.2 Å². The van der Waals surface area contributed by atoms with E-state index in [0.29, 0.717) is 22.4 Å². The molecular weight excluding hydrogens is 329 g/mol. The molecule has 0 saturated heterocycles. The summed E-state index contributed by atoms with van der Waals surface area (Å²) in [5.41, 5.74) is -0.397. The quantitative estimate of drug-likeness (QED) is 0.722. The molecule has 3 rings (SSSR count). The highest BCUT2D eigenvalue weighted by Gasteiger charge is 2.31. The van der Waals surface area contributed by atoms with E-state index in [-0.39, 0.29) is 17.1 Å². The maximum absolute atomic E-state index is 12.7. The van der Waals surface area contributed by atoms with Gasteiger partial charge < -0.3 is 4.42 Å². The van der Waals surface area contributed by atoms with Crippen molar-refractivity contribution >= 4 is 22.0 Å². The first-order valence-electron chi connectivity index (χ1n) is 6.71. The van der Waals surface area contributed by atoms with Crippen LogP contribution in [0, 0.1) is 0 Å². The Kier molecular flexibility index (Phi) is 3.93. The Balaban J connectivity index is 2.13. The van der Waals surface area contributed by atoms with E-state index < -0.39 is 22.5 Å². The van der Waals surface area contributed by atoms with E-state index in [1.807, 2.05) is 0 Å². The van der Waals surface area contributed by atoms with Crippen LogP contribution in [0.2, 0.25) is 0 Å². The molecule has 3 aromatic rings. The third kappa shape index (κ3) is 2.98. The van der Waals surface area contributed by atoms with Crippen LogP contribution in [0.1, 0.15) is 12.5 Å². The third-order valence-electron chi connectivity index (χ3n) is 3.20. The van der Waals surface area contributed by atoms with Crippen molar-refractivity contribution in [1.29, 1.82) is 0 Å². The number of hydrogen-bond acceptors (Lipinski definition) is 4. The first-order valence-corrected chi connectivity index (χ1v) is 8.03. The summed E-state index contributed by atoms with van der Waals surface area (Å²) in [5.74, 6) is 0.512. The van der Waals surface area contributed by atoms with Crippen LogP contribution in [0.3, 0.4) is 0 Å². The van der Waals surface area contributed by atoms with Gasteiger partial charge in [0.25, 0.3) is 0 Å². The number of rotatable bonds is 3. The van der Waals surface area contributed by atoms with Crippen LogP contribution >= 0.6 is 0 Å². The first kappa shape index (κ1) is 15.7. The number of alkyl halides is 3. The summed E-state index contributed by atoms with van der Waals surface area (Å²) in [6.07, 6.45) is -3.80. The number of pyridine rings is 1. The van der Waals surface area contributed by atoms with E-state index in [1.54, 1.807) is 31.2 Å². The molecule has 0 aliphatic heterocycles. The molecule has 2 aromatic heterocycles. The Labute approximate surface area is 131 Å². The van der Waals surface area contributed by atoms with Crippen LogP contribution < -0.4 is 0 Å². The lowest BCUT2D eigenvalue weighted by Crippen LogP contribution is -2.04. The molecule has 0 fully saturated rings. The number of hydrogen-bond donors (Lipinski definition) is 0. The smallest absolute Gasteiger partial charge is 0.417 e. The Morgan fingerprint density at radius 3 is 2.70 bits per heavy atom. The molecule has 0 bridgehead atoms. The van der Waals surface area contributed by atoms with Gasteiger partial charge in [-0.25, -0.2) is 9.97 Å². The summed E-state index contributed by atoms with van der Waals surface area (Å²) in [4.78, 5) is 8.26. The van der Waals surface area contributed by atoms with E-state index in [4.69, 9.17) is 4.42 Å². The third-order valence-corrected chi connectivity index (χ3v) is 4.57. The second-order valence-corrected chi connectivity index (χ2v) is 6.40. The van der Waals surface area contributed by atoms with Gasteiger partial charge in [-0.15, -0.1) is 0 Å². The van der Waals surface area contributed by atoms with Gasteiger partial charge in [-0.05, 0) is 18.2 Å². The SMILES string of the molecule is CCS(=O)c1ccccc1-c1nc2cc(C(F)(F)F)cnc2o1. The number of benzene rings is 1. The Bertz CT molecular complexity index is 890. The van der Waals surface area contributed by atoms with Crippen molar-refractivity contribution < 1.29 is 21.8 Å². The Hall–Kier alpha value is -2.22. The number of nitrogens with zero attached hydrogens (tertiary/aromatic N) is 2. The lowest BCUT2D eigenvalue weighted by Gasteiger charge is -2.03. The van der Waals surface area contributed by atoms with Crippen LogP contribution in [-0.2, 0) is 17.0 Å². The number of halogens is 3. The highest BCUT2D eigenvalue weighted by molar-refractivity contribution is 7.85. The summed E-state index contributed by atoms with van der Waals surface area (Å²) >= 11 is 0. The molecule has 23 heavy (non-hydrogen) atoms. The molecular formula is C15H11F3N2O2S. The fourth-order valence-electron chi connectivity index (χ4n) is 2.09. The minimum Gasteiger partial charge on any atom is -0.418 e. The van der Waals surface area contributed by atoms with Crippen molar-refractivity contribution in [2.24, 2.45) is 0 Å². The predicted octanol–water partition coefficient (Wildman–Crippen LogP) is 4.04. The van der Waals surface area contributed by atoms with Gasteiger partial charge in [0.1, 0.15) is 5.52 Å². The fraction of sp³-hybridized carbons (Fsp3) is 0.200. The molecule has 0 aliphatic rings. The van der Waals surface area contributed by atoms with Crippen molar-refractivity contribution in [3.05, 3.63) is 42.1 Å². The Morgan fingerprint density at radius 2 is 2.00 bits per heavy atom. The lowest BCUT2D eigenvalue weighted by molar-refractivity contribution is -0.137. The van der Waals surface area contributed by atoms with Crippen LogP contribution in [0.15, 0.2) is 45.8 Å². The highest BCUT2D eigenvalue weighted by atomic mass is 32.2. The van der Waals surface area contributed by atoms with E-state index in [1.165, 1.54) is 0 Å². The summed E-state index contributed by atoms with van der Waals surface area (Å²) in [5, 5.41) is 0. The summed E-state index contributed by atoms with van der Waals surface area (Å²) in [6.45, 7) is 1.77. The van der Waals surface area contributed by atoms with Gasteiger partial charge >= 0.3 is 6.18 Å². The molecule has 0 radical (unpaired) electrons. The molecule has 1 aromatic carbocycles. The molecule has 0 spiro atoms. The van der Waals surface area contributed by atoms with Gasteiger partial charge in [0.15, 0.2) is 0 Å². The summed E-state index contributed by atoms with van der Waals surface area (Å²) in [7, 11) is -1.24. The zero-order valence-corrected chi connectivity index (χ0v) is 12.7. The molecule has 4 nitrogen and oxygen atoms in total. The minimum absolute atomic E-state index is 0.00471. The average Bonchev–Trinajstić information content (AvgIpc) is 2.96. The lowest BCUT2D eigenvalue weighted by atomic mass is 10.2. The minimum atomic E-state index is -4.50. The van der Waals surface area contributed by atoms with Crippen LogP contribution in [0.5, 0.6) is 0 Å². The predicted molar refractivity (Wildman–Crippen MR) is 79.2 cm³/mol.